The van der Waals surface area contributed by atoms with Gasteiger partial charge in [0.05, 0.1) is 9.95 Å². The van der Waals surface area contributed by atoms with Gasteiger partial charge in [0.25, 0.3) is 11.6 Å². The van der Waals surface area contributed by atoms with Gasteiger partial charge in [-0.3, -0.25) is 14.9 Å². The average Bonchev–Trinajstić information content (AvgIpc) is 3.21. The van der Waals surface area contributed by atoms with Crippen LogP contribution in [0.15, 0.2) is 12.1 Å². The first-order valence-electron chi connectivity index (χ1n) is 6.40. The van der Waals surface area contributed by atoms with Crippen molar-refractivity contribution >= 4 is 28.9 Å². The monoisotopic (exact) mass is 297 g/mol. The topological polar surface area (TPSA) is 84.3 Å². The van der Waals surface area contributed by atoms with Crippen LogP contribution in [-0.2, 0) is 0 Å². The molecule has 0 bridgehead atoms. The number of amides is 1. The second-order valence-electron chi connectivity index (χ2n) is 4.96. The number of rotatable bonds is 5. The maximum atomic E-state index is 12.1. The molecule has 0 spiro atoms. The highest BCUT2D eigenvalue weighted by Crippen LogP contribution is 2.34. The molecule has 0 heterocycles. The van der Waals surface area contributed by atoms with Crippen LogP contribution in [0.4, 0.5) is 11.4 Å². The Balaban J connectivity index is 2.27. The van der Waals surface area contributed by atoms with Gasteiger partial charge >= 0.3 is 0 Å². The number of halogens is 1. The number of anilines is 1. The minimum Gasteiger partial charge on any atom is -0.381 e. The van der Waals surface area contributed by atoms with Crippen LogP contribution in [0.2, 0.25) is 5.02 Å². The quantitative estimate of drug-likeness (QED) is 0.646. The molecule has 1 fully saturated rings. The first-order chi connectivity index (χ1) is 9.43. The Morgan fingerprint density at radius 1 is 1.50 bits per heavy atom. The molecule has 2 rings (SSSR count). The van der Waals surface area contributed by atoms with E-state index < -0.39 is 4.92 Å². The molecular weight excluding hydrogens is 282 g/mol. The zero-order valence-electron chi connectivity index (χ0n) is 11.3. The predicted molar refractivity (Wildman–Crippen MR) is 77.3 cm³/mol. The third-order valence-corrected chi connectivity index (χ3v) is 3.76. The Labute approximate surface area is 121 Å². The van der Waals surface area contributed by atoms with E-state index in [0.717, 1.165) is 12.8 Å². The molecule has 7 heteroatoms. The zero-order valence-corrected chi connectivity index (χ0v) is 12.0. The van der Waals surface area contributed by atoms with Gasteiger partial charge in [-0.1, -0.05) is 11.6 Å². The number of nitro benzene ring substituents is 1. The number of hydrogen-bond acceptors (Lipinski definition) is 4. The Hall–Kier alpha value is -1.82. The second-order valence-corrected chi connectivity index (χ2v) is 5.37. The van der Waals surface area contributed by atoms with E-state index in [9.17, 15) is 14.9 Å². The van der Waals surface area contributed by atoms with Gasteiger partial charge in [0.15, 0.2) is 0 Å². The Morgan fingerprint density at radius 3 is 2.65 bits per heavy atom. The van der Waals surface area contributed by atoms with Crippen LogP contribution in [-0.4, -0.2) is 23.9 Å². The van der Waals surface area contributed by atoms with Gasteiger partial charge in [-0.05, 0) is 31.7 Å². The van der Waals surface area contributed by atoms with Crippen molar-refractivity contribution in [2.75, 3.05) is 12.4 Å². The lowest BCUT2D eigenvalue weighted by Gasteiger charge is -2.13. The Bertz CT molecular complexity index is 558. The van der Waals surface area contributed by atoms with E-state index in [0.29, 0.717) is 5.92 Å². The van der Waals surface area contributed by atoms with Crippen molar-refractivity contribution in [2.24, 2.45) is 5.92 Å². The standard InChI is InChI=1S/C13H16ClN3O3/c1-7(8-3-4-8)16-13(18)9-5-10(14)12(15-2)11(6-9)17(19)20/h5-8,15H,3-4H2,1-2H3,(H,16,18). The highest BCUT2D eigenvalue weighted by Gasteiger charge is 2.29. The molecule has 1 saturated carbocycles. The van der Waals surface area contributed by atoms with Gasteiger partial charge in [-0.2, -0.15) is 0 Å². The van der Waals surface area contributed by atoms with Crippen LogP contribution in [0.3, 0.4) is 0 Å². The molecule has 0 aliphatic heterocycles. The highest BCUT2D eigenvalue weighted by molar-refractivity contribution is 6.34. The summed E-state index contributed by atoms with van der Waals surface area (Å²) in [5.41, 5.74) is 0.209. The molecule has 0 saturated heterocycles. The van der Waals surface area contributed by atoms with Gasteiger partial charge in [-0.15, -0.1) is 0 Å². The van der Waals surface area contributed by atoms with Crippen molar-refractivity contribution in [1.82, 2.24) is 5.32 Å². The summed E-state index contributed by atoms with van der Waals surface area (Å²) < 4.78 is 0. The van der Waals surface area contributed by atoms with Crippen molar-refractivity contribution < 1.29 is 9.72 Å². The summed E-state index contributed by atoms with van der Waals surface area (Å²) in [6.07, 6.45) is 2.22. The third-order valence-electron chi connectivity index (χ3n) is 3.47. The SMILES string of the molecule is CNc1c(Cl)cc(C(=O)NC(C)C2CC2)cc1[N+](=O)[O-]. The van der Waals surface area contributed by atoms with Gasteiger partial charge in [0.1, 0.15) is 5.69 Å². The van der Waals surface area contributed by atoms with E-state index in [1.165, 1.54) is 12.1 Å². The molecular formula is C13H16ClN3O3. The molecule has 1 aliphatic rings. The minimum atomic E-state index is -0.557. The van der Waals surface area contributed by atoms with Crippen molar-refractivity contribution in [3.63, 3.8) is 0 Å². The molecule has 1 unspecified atom stereocenters. The van der Waals surface area contributed by atoms with Crippen LogP contribution in [0, 0.1) is 16.0 Å². The zero-order chi connectivity index (χ0) is 14.9. The van der Waals surface area contributed by atoms with Crippen molar-refractivity contribution in [3.05, 3.63) is 32.8 Å². The van der Waals surface area contributed by atoms with Gasteiger partial charge in [-0.25, -0.2) is 0 Å². The molecule has 1 aliphatic carbocycles. The lowest BCUT2D eigenvalue weighted by molar-refractivity contribution is -0.383. The van der Waals surface area contributed by atoms with E-state index in [4.69, 9.17) is 11.6 Å². The summed E-state index contributed by atoms with van der Waals surface area (Å²) in [5, 5.41) is 16.7. The van der Waals surface area contributed by atoms with E-state index in [1.54, 1.807) is 7.05 Å². The molecule has 1 aromatic carbocycles. The lowest BCUT2D eigenvalue weighted by Crippen LogP contribution is -2.34. The van der Waals surface area contributed by atoms with Gasteiger partial charge < -0.3 is 10.6 Å². The molecule has 20 heavy (non-hydrogen) atoms. The fourth-order valence-electron chi connectivity index (χ4n) is 2.12. The number of carbonyl (C=O) groups is 1. The Kier molecular flexibility index (Phi) is 4.13. The fraction of sp³-hybridized carbons (Fsp3) is 0.462. The minimum absolute atomic E-state index is 0.0734. The fourth-order valence-corrected chi connectivity index (χ4v) is 2.43. The third kappa shape index (κ3) is 3.01. The summed E-state index contributed by atoms with van der Waals surface area (Å²) >= 11 is 5.99. The maximum absolute atomic E-state index is 12.1. The van der Waals surface area contributed by atoms with E-state index in [-0.39, 0.29) is 33.9 Å². The van der Waals surface area contributed by atoms with Crippen molar-refractivity contribution in [2.45, 2.75) is 25.8 Å². The van der Waals surface area contributed by atoms with Gasteiger partial charge in [0, 0.05) is 24.7 Å². The normalized spacial score (nSPS) is 15.6. The second kappa shape index (κ2) is 5.66. The number of benzene rings is 1. The van der Waals surface area contributed by atoms with Crippen LogP contribution in [0.25, 0.3) is 0 Å². The summed E-state index contributed by atoms with van der Waals surface area (Å²) in [6.45, 7) is 1.94. The molecule has 1 amide bonds. The van der Waals surface area contributed by atoms with Crippen LogP contribution >= 0.6 is 11.6 Å². The molecule has 108 valence electrons. The summed E-state index contributed by atoms with van der Waals surface area (Å²) in [5.74, 6) is 0.179. The van der Waals surface area contributed by atoms with Crippen LogP contribution in [0.5, 0.6) is 0 Å². The van der Waals surface area contributed by atoms with Crippen molar-refractivity contribution in [3.8, 4) is 0 Å². The molecule has 2 N–H and O–H groups in total. The number of nitro groups is 1. The maximum Gasteiger partial charge on any atom is 0.294 e. The Morgan fingerprint density at radius 2 is 2.15 bits per heavy atom. The first kappa shape index (κ1) is 14.6. The average molecular weight is 298 g/mol. The highest BCUT2D eigenvalue weighted by atomic mass is 35.5. The number of nitrogens with one attached hydrogen (secondary N) is 2. The molecule has 1 atom stereocenters. The van der Waals surface area contributed by atoms with Gasteiger partial charge in [0.2, 0.25) is 0 Å². The molecule has 0 radical (unpaired) electrons. The van der Waals surface area contributed by atoms with E-state index in [1.807, 2.05) is 6.92 Å². The molecule has 6 nitrogen and oxygen atoms in total. The molecule has 1 aromatic rings. The van der Waals surface area contributed by atoms with E-state index in [2.05, 4.69) is 10.6 Å². The summed E-state index contributed by atoms with van der Waals surface area (Å²) in [6, 6.07) is 2.76. The number of nitrogens with zero attached hydrogens (tertiary/aromatic N) is 1. The van der Waals surface area contributed by atoms with Crippen LogP contribution in [0.1, 0.15) is 30.1 Å². The smallest absolute Gasteiger partial charge is 0.294 e. The summed E-state index contributed by atoms with van der Waals surface area (Å²) in [4.78, 5) is 22.6. The number of carbonyl (C=O) groups excluding carboxylic acids is 1. The molecule has 0 aromatic heterocycles. The lowest BCUT2D eigenvalue weighted by atomic mass is 10.1. The largest absolute Gasteiger partial charge is 0.381 e. The predicted octanol–water partition coefficient (Wildman–Crippen LogP) is 2.82. The van der Waals surface area contributed by atoms with Crippen molar-refractivity contribution in [1.29, 1.82) is 0 Å². The number of hydrogen-bond donors (Lipinski definition) is 2. The first-order valence-corrected chi connectivity index (χ1v) is 6.78. The van der Waals surface area contributed by atoms with Crippen LogP contribution < -0.4 is 10.6 Å². The van der Waals surface area contributed by atoms with E-state index >= 15 is 0 Å². The summed E-state index contributed by atoms with van der Waals surface area (Å²) in [7, 11) is 1.54.